The first-order valence-corrected chi connectivity index (χ1v) is 5.78. The maximum absolute atomic E-state index is 3.73. The Hall–Kier alpha value is 0.310. The highest BCUT2D eigenvalue weighted by molar-refractivity contribution is 8.00. The van der Waals surface area contributed by atoms with Gasteiger partial charge < -0.3 is 5.32 Å². The van der Waals surface area contributed by atoms with Crippen LogP contribution in [0.4, 0.5) is 0 Å². The first kappa shape index (κ1) is 6.79. The van der Waals surface area contributed by atoms with E-state index in [1.807, 2.05) is 0 Å². The second-order valence-electron chi connectivity index (χ2n) is 4.16. The number of nitrogens with one attached hydrogen (secondary N) is 1. The molecule has 1 nitrogen and oxygen atoms in total. The number of rotatable bonds is 0. The standard InChI is InChI=1S/C9H15NS/c1-2-7-6-8(7)9(3-1)10-4-5-11-9/h7-8,10H,1-6H2. The van der Waals surface area contributed by atoms with E-state index in [2.05, 4.69) is 17.1 Å². The lowest BCUT2D eigenvalue weighted by Crippen LogP contribution is -2.41. The molecule has 11 heavy (non-hydrogen) atoms. The number of hydrogen-bond donors (Lipinski definition) is 1. The van der Waals surface area contributed by atoms with Crippen molar-refractivity contribution >= 4 is 11.8 Å². The van der Waals surface area contributed by atoms with Gasteiger partial charge in [0.1, 0.15) is 0 Å². The molecule has 3 rings (SSSR count). The minimum absolute atomic E-state index is 0.572. The minimum Gasteiger partial charge on any atom is -0.302 e. The lowest BCUT2D eigenvalue weighted by Gasteiger charge is -2.32. The van der Waals surface area contributed by atoms with Gasteiger partial charge in [0.15, 0.2) is 0 Å². The van der Waals surface area contributed by atoms with Crippen LogP contribution in [0.2, 0.25) is 0 Å². The van der Waals surface area contributed by atoms with Crippen LogP contribution in [0.15, 0.2) is 0 Å². The van der Waals surface area contributed by atoms with Gasteiger partial charge >= 0.3 is 0 Å². The number of thioether (sulfide) groups is 1. The van der Waals surface area contributed by atoms with Gasteiger partial charge in [-0.15, -0.1) is 11.8 Å². The summed E-state index contributed by atoms with van der Waals surface area (Å²) in [6.07, 6.45) is 5.97. The summed E-state index contributed by atoms with van der Waals surface area (Å²) in [5.74, 6) is 3.52. The Bertz CT molecular complexity index is 174. The van der Waals surface area contributed by atoms with Crippen LogP contribution in [0.3, 0.4) is 0 Å². The van der Waals surface area contributed by atoms with Crippen LogP contribution in [-0.4, -0.2) is 17.2 Å². The molecule has 62 valence electrons. The van der Waals surface area contributed by atoms with Crippen LogP contribution >= 0.6 is 11.8 Å². The Morgan fingerprint density at radius 3 is 3.27 bits per heavy atom. The SMILES string of the molecule is C1CC2CC2C2(C1)NCCS2. The summed E-state index contributed by atoms with van der Waals surface area (Å²) in [6.45, 7) is 1.26. The number of fused-ring (bicyclic) bond motifs is 2. The minimum atomic E-state index is 0.572. The van der Waals surface area contributed by atoms with E-state index in [9.17, 15) is 0 Å². The zero-order chi connectivity index (χ0) is 7.31. The Morgan fingerprint density at radius 1 is 1.45 bits per heavy atom. The Kier molecular flexibility index (Phi) is 1.34. The zero-order valence-electron chi connectivity index (χ0n) is 6.81. The molecule has 0 aromatic carbocycles. The lowest BCUT2D eigenvalue weighted by molar-refractivity contribution is 0.336. The summed E-state index contributed by atoms with van der Waals surface area (Å²) in [6, 6.07) is 0. The van der Waals surface area contributed by atoms with Crippen molar-refractivity contribution in [2.24, 2.45) is 11.8 Å². The predicted molar refractivity (Wildman–Crippen MR) is 48.6 cm³/mol. The molecule has 3 aliphatic rings. The van der Waals surface area contributed by atoms with Gasteiger partial charge in [0.2, 0.25) is 0 Å². The first-order valence-electron chi connectivity index (χ1n) is 4.80. The summed E-state index contributed by atoms with van der Waals surface area (Å²) in [5.41, 5.74) is 0. The molecule has 0 amide bonds. The molecule has 1 aliphatic heterocycles. The highest BCUT2D eigenvalue weighted by atomic mass is 32.2. The molecule has 2 heteroatoms. The molecular weight excluding hydrogens is 154 g/mol. The summed E-state index contributed by atoms with van der Waals surface area (Å²) in [7, 11) is 0. The van der Waals surface area contributed by atoms with E-state index in [-0.39, 0.29) is 0 Å². The first-order chi connectivity index (χ1) is 5.41. The van der Waals surface area contributed by atoms with E-state index in [1.165, 1.54) is 38.0 Å². The summed E-state index contributed by atoms with van der Waals surface area (Å²) in [5, 5.41) is 3.73. The molecule has 1 heterocycles. The molecule has 2 aliphatic carbocycles. The monoisotopic (exact) mass is 169 g/mol. The Labute approximate surface area is 72.3 Å². The van der Waals surface area contributed by atoms with Gasteiger partial charge in [0.25, 0.3) is 0 Å². The van der Waals surface area contributed by atoms with Gasteiger partial charge in [-0.2, -0.15) is 0 Å². The fourth-order valence-corrected chi connectivity index (χ4v) is 4.46. The maximum atomic E-state index is 3.73. The average molecular weight is 169 g/mol. The van der Waals surface area contributed by atoms with E-state index in [4.69, 9.17) is 0 Å². The largest absolute Gasteiger partial charge is 0.302 e. The van der Waals surface area contributed by atoms with Crippen LogP contribution in [0.1, 0.15) is 25.7 Å². The predicted octanol–water partition coefficient (Wildman–Crippen LogP) is 1.84. The van der Waals surface area contributed by atoms with Gasteiger partial charge in [-0.25, -0.2) is 0 Å². The molecular formula is C9H15NS. The second-order valence-corrected chi connectivity index (χ2v) is 5.58. The molecule has 0 bridgehead atoms. The van der Waals surface area contributed by atoms with Crippen molar-refractivity contribution in [3.63, 3.8) is 0 Å². The molecule has 0 radical (unpaired) electrons. The highest BCUT2D eigenvalue weighted by Crippen LogP contribution is 2.59. The molecule has 1 N–H and O–H groups in total. The smallest absolute Gasteiger partial charge is 0.0677 e. The van der Waals surface area contributed by atoms with Crippen molar-refractivity contribution in [2.75, 3.05) is 12.3 Å². The fourth-order valence-electron chi connectivity index (χ4n) is 2.90. The quantitative estimate of drug-likeness (QED) is 0.594. The third kappa shape index (κ3) is 0.888. The second kappa shape index (κ2) is 2.17. The summed E-state index contributed by atoms with van der Waals surface area (Å²) in [4.78, 5) is 0.572. The van der Waals surface area contributed by atoms with Crippen LogP contribution in [0, 0.1) is 11.8 Å². The van der Waals surface area contributed by atoms with Crippen molar-refractivity contribution < 1.29 is 0 Å². The van der Waals surface area contributed by atoms with Crippen molar-refractivity contribution in [2.45, 2.75) is 30.6 Å². The van der Waals surface area contributed by atoms with E-state index < -0.39 is 0 Å². The lowest BCUT2D eigenvalue weighted by atomic mass is 9.95. The van der Waals surface area contributed by atoms with Crippen molar-refractivity contribution in [1.82, 2.24) is 5.32 Å². The van der Waals surface area contributed by atoms with Crippen LogP contribution in [0.25, 0.3) is 0 Å². The topological polar surface area (TPSA) is 12.0 Å². The van der Waals surface area contributed by atoms with Gasteiger partial charge in [-0.05, 0) is 31.1 Å². The van der Waals surface area contributed by atoms with Crippen molar-refractivity contribution in [3.8, 4) is 0 Å². The molecule has 1 saturated heterocycles. The average Bonchev–Trinajstić information content (AvgIpc) is 2.68. The molecule has 3 fully saturated rings. The molecule has 0 aromatic rings. The fraction of sp³-hybridized carbons (Fsp3) is 1.00. The molecule has 2 saturated carbocycles. The summed E-state index contributed by atoms with van der Waals surface area (Å²) < 4.78 is 0. The van der Waals surface area contributed by atoms with Gasteiger partial charge in [-0.1, -0.05) is 6.42 Å². The van der Waals surface area contributed by atoms with Gasteiger partial charge in [-0.3, -0.25) is 0 Å². The van der Waals surface area contributed by atoms with Crippen molar-refractivity contribution in [1.29, 1.82) is 0 Å². The van der Waals surface area contributed by atoms with Crippen LogP contribution in [-0.2, 0) is 0 Å². The third-order valence-electron chi connectivity index (χ3n) is 3.53. The van der Waals surface area contributed by atoms with Gasteiger partial charge in [0.05, 0.1) is 4.87 Å². The van der Waals surface area contributed by atoms with Crippen LogP contribution < -0.4 is 5.32 Å². The molecule has 0 aromatic heterocycles. The van der Waals surface area contributed by atoms with E-state index in [0.29, 0.717) is 4.87 Å². The number of hydrogen-bond acceptors (Lipinski definition) is 2. The van der Waals surface area contributed by atoms with Gasteiger partial charge in [0, 0.05) is 12.3 Å². The molecule has 3 atom stereocenters. The molecule has 1 spiro atoms. The Morgan fingerprint density at radius 2 is 2.45 bits per heavy atom. The molecule has 3 unspecified atom stereocenters. The van der Waals surface area contributed by atoms with Crippen LogP contribution in [0.5, 0.6) is 0 Å². The summed E-state index contributed by atoms with van der Waals surface area (Å²) >= 11 is 2.20. The van der Waals surface area contributed by atoms with Crippen molar-refractivity contribution in [3.05, 3.63) is 0 Å². The van der Waals surface area contributed by atoms with E-state index in [0.717, 1.165) is 11.8 Å². The van der Waals surface area contributed by atoms with E-state index in [1.54, 1.807) is 0 Å². The van der Waals surface area contributed by atoms with E-state index >= 15 is 0 Å². The Balaban J connectivity index is 1.84. The highest BCUT2D eigenvalue weighted by Gasteiger charge is 2.56. The normalized spacial score (nSPS) is 54.5. The zero-order valence-corrected chi connectivity index (χ0v) is 7.62. The third-order valence-corrected chi connectivity index (χ3v) is 5.11. The maximum Gasteiger partial charge on any atom is 0.0677 e.